The number of hydrogen-bond donors (Lipinski definition) is 2. The highest BCUT2D eigenvalue weighted by molar-refractivity contribution is 5.90. The van der Waals surface area contributed by atoms with Crippen LogP contribution in [0.5, 0.6) is 11.5 Å². The third kappa shape index (κ3) is 2.92. The minimum absolute atomic E-state index is 0.128. The Morgan fingerprint density at radius 2 is 2.10 bits per heavy atom. The number of nitrogens with two attached hydrogens (primary N) is 1. The zero-order valence-electron chi connectivity index (χ0n) is 12.1. The van der Waals surface area contributed by atoms with Crippen LogP contribution in [0.3, 0.4) is 0 Å². The Hall–Kier alpha value is -2.28. The van der Waals surface area contributed by atoms with Crippen molar-refractivity contribution in [1.82, 2.24) is 10.2 Å². The van der Waals surface area contributed by atoms with Gasteiger partial charge in [0.2, 0.25) is 11.8 Å². The van der Waals surface area contributed by atoms with Crippen LogP contribution in [0.4, 0.5) is 0 Å². The lowest BCUT2D eigenvalue weighted by molar-refractivity contribution is -0.142. The van der Waals surface area contributed by atoms with E-state index in [4.69, 9.17) is 15.2 Å². The molecule has 1 unspecified atom stereocenters. The van der Waals surface area contributed by atoms with Gasteiger partial charge in [-0.1, -0.05) is 6.07 Å². The molecule has 0 aromatic heterocycles. The molecule has 0 spiro atoms. The molecule has 1 aliphatic rings. The van der Waals surface area contributed by atoms with Gasteiger partial charge in [-0.15, -0.1) is 0 Å². The summed E-state index contributed by atoms with van der Waals surface area (Å²) in [5, 5.41) is 2.76. The fourth-order valence-corrected chi connectivity index (χ4v) is 2.41. The van der Waals surface area contributed by atoms with Gasteiger partial charge in [0.05, 0.1) is 20.8 Å². The molecule has 1 fully saturated rings. The van der Waals surface area contributed by atoms with Gasteiger partial charge in [-0.05, 0) is 17.7 Å². The van der Waals surface area contributed by atoms with E-state index in [1.807, 2.05) is 0 Å². The maximum absolute atomic E-state index is 12.2. The van der Waals surface area contributed by atoms with E-state index in [-0.39, 0.29) is 18.4 Å². The second-order valence-electron chi connectivity index (χ2n) is 4.60. The summed E-state index contributed by atoms with van der Waals surface area (Å²) in [6.45, 7) is 0.728. The highest BCUT2D eigenvalue weighted by Gasteiger charge is 2.34. The highest BCUT2D eigenvalue weighted by atomic mass is 16.5. The van der Waals surface area contributed by atoms with Crippen molar-refractivity contribution < 1.29 is 19.1 Å². The average Bonchev–Trinajstić information content (AvgIpc) is 2.53. The monoisotopic (exact) mass is 293 g/mol. The molecule has 1 saturated heterocycles. The Morgan fingerprint density at radius 3 is 2.71 bits per heavy atom. The average molecular weight is 293 g/mol. The Morgan fingerprint density at radius 1 is 1.38 bits per heavy atom. The summed E-state index contributed by atoms with van der Waals surface area (Å²) in [4.78, 5) is 25.6. The molecule has 0 bridgehead atoms. The summed E-state index contributed by atoms with van der Waals surface area (Å²) in [6.07, 6.45) is 0. The number of piperazine rings is 1. The quantitative estimate of drug-likeness (QED) is 0.792. The highest BCUT2D eigenvalue weighted by Crippen LogP contribution is 2.32. The van der Waals surface area contributed by atoms with Crippen LogP contribution in [-0.2, 0) is 9.59 Å². The molecule has 7 heteroatoms. The Bertz CT molecular complexity index is 547. The number of carbonyl (C=O) groups excluding carboxylic acids is 2. The zero-order valence-corrected chi connectivity index (χ0v) is 12.1. The fourth-order valence-electron chi connectivity index (χ4n) is 2.41. The van der Waals surface area contributed by atoms with E-state index in [2.05, 4.69) is 5.32 Å². The number of benzene rings is 1. The van der Waals surface area contributed by atoms with Crippen LogP contribution < -0.4 is 20.5 Å². The number of nitrogens with one attached hydrogen (secondary N) is 1. The molecule has 1 aliphatic heterocycles. The Kier molecular flexibility index (Phi) is 4.64. The smallest absolute Gasteiger partial charge is 0.247 e. The lowest BCUT2D eigenvalue weighted by Gasteiger charge is -2.35. The van der Waals surface area contributed by atoms with E-state index in [9.17, 15) is 9.59 Å². The minimum Gasteiger partial charge on any atom is -0.493 e. The summed E-state index contributed by atoms with van der Waals surface area (Å²) in [5.41, 5.74) is 6.08. The molecule has 1 aromatic carbocycles. The van der Waals surface area contributed by atoms with Crippen molar-refractivity contribution in [3.63, 3.8) is 0 Å². The third-order valence-corrected chi connectivity index (χ3v) is 3.43. The van der Waals surface area contributed by atoms with E-state index in [0.717, 1.165) is 0 Å². The molecule has 1 aromatic rings. The second-order valence-corrected chi connectivity index (χ2v) is 4.60. The van der Waals surface area contributed by atoms with Crippen LogP contribution in [0.2, 0.25) is 0 Å². The fraction of sp³-hybridized carbons (Fsp3) is 0.429. The van der Waals surface area contributed by atoms with Gasteiger partial charge in [0, 0.05) is 13.1 Å². The number of carbonyl (C=O) groups is 2. The van der Waals surface area contributed by atoms with Gasteiger partial charge in [-0.3, -0.25) is 9.59 Å². The number of nitrogens with zero attached hydrogens (tertiary/aromatic N) is 1. The maximum Gasteiger partial charge on any atom is 0.247 e. The van der Waals surface area contributed by atoms with Crippen molar-refractivity contribution in [2.45, 2.75) is 6.04 Å². The summed E-state index contributed by atoms with van der Waals surface area (Å²) in [6, 6.07) is 4.45. The first-order valence-electron chi connectivity index (χ1n) is 6.61. The van der Waals surface area contributed by atoms with E-state index < -0.39 is 6.04 Å². The van der Waals surface area contributed by atoms with Gasteiger partial charge >= 0.3 is 0 Å². The molecule has 0 radical (unpaired) electrons. The number of methoxy groups -OCH3 is 2. The van der Waals surface area contributed by atoms with Crippen LogP contribution in [-0.4, -0.2) is 50.6 Å². The zero-order chi connectivity index (χ0) is 15.4. The van der Waals surface area contributed by atoms with Crippen LogP contribution >= 0.6 is 0 Å². The number of amides is 2. The first-order valence-corrected chi connectivity index (χ1v) is 6.61. The number of rotatable bonds is 4. The predicted molar refractivity (Wildman–Crippen MR) is 76.1 cm³/mol. The normalized spacial score (nSPS) is 18.1. The molecular formula is C14H19N3O4. The molecule has 0 saturated carbocycles. The van der Waals surface area contributed by atoms with Gasteiger partial charge in [0.25, 0.3) is 0 Å². The minimum atomic E-state index is -0.699. The lowest BCUT2D eigenvalue weighted by Crippen LogP contribution is -2.53. The maximum atomic E-state index is 12.2. The molecule has 1 atom stereocenters. The van der Waals surface area contributed by atoms with Gasteiger partial charge in [0.15, 0.2) is 11.5 Å². The van der Waals surface area contributed by atoms with Gasteiger partial charge in [-0.2, -0.15) is 0 Å². The molecule has 21 heavy (non-hydrogen) atoms. The van der Waals surface area contributed by atoms with Crippen molar-refractivity contribution in [1.29, 1.82) is 0 Å². The molecule has 0 aliphatic carbocycles. The molecular weight excluding hydrogens is 274 g/mol. The molecule has 3 N–H and O–H groups in total. The summed E-state index contributed by atoms with van der Waals surface area (Å²) >= 11 is 0. The Balaban J connectivity index is 2.40. The molecule has 114 valence electrons. The van der Waals surface area contributed by atoms with E-state index in [1.54, 1.807) is 18.2 Å². The van der Waals surface area contributed by atoms with E-state index in [1.165, 1.54) is 19.1 Å². The van der Waals surface area contributed by atoms with Crippen LogP contribution in [0.25, 0.3) is 0 Å². The van der Waals surface area contributed by atoms with Crippen molar-refractivity contribution in [2.75, 3.05) is 33.9 Å². The van der Waals surface area contributed by atoms with E-state index >= 15 is 0 Å². The summed E-state index contributed by atoms with van der Waals surface area (Å²) in [5.74, 6) is 0.586. The molecule has 7 nitrogen and oxygen atoms in total. The van der Waals surface area contributed by atoms with Crippen LogP contribution in [0.15, 0.2) is 18.2 Å². The topological polar surface area (TPSA) is 93.9 Å². The first-order chi connectivity index (χ1) is 10.1. The number of ether oxygens (including phenoxy) is 2. The van der Waals surface area contributed by atoms with Crippen molar-refractivity contribution in [3.8, 4) is 11.5 Å². The summed E-state index contributed by atoms with van der Waals surface area (Å²) in [7, 11) is 3.06. The van der Waals surface area contributed by atoms with Crippen molar-refractivity contribution in [2.24, 2.45) is 5.73 Å². The molecule has 2 amide bonds. The molecule has 2 rings (SSSR count). The van der Waals surface area contributed by atoms with Crippen molar-refractivity contribution >= 4 is 11.8 Å². The van der Waals surface area contributed by atoms with Crippen LogP contribution in [0, 0.1) is 0 Å². The molecule has 1 heterocycles. The lowest BCUT2D eigenvalue weighted by atomic mass is 10.0. The SMILES string of the molecule is COc1ccc(C2C(=O)NCCN2C(=O)CN)cc1OC. The standard InChI is InChI=1S/C14H19N3O4/c1-20-10-4-3-9(7-11(10)21-2)13-14(19)16-5-6-17(13)12(18)8-15/h3-4,7,13H,5-6,8,15H2,1-2H3,(H,16,19). The summed E-state index contributed by atoms with van der Waals surface area (Å²) < 4.78 is 10.4. The van der Waals surface area contributed by atoms with Gasteiger partial charge in [-0.25, -0.2) is 0 Å². The van der Waals surface area contributed by atoms with Crippen molar-refractivity contribution in [3.05, 3.63) is 23.8 Å². The van der Waals surface area contributed by atoms with E-state index in [0.29, 0.717) is 30.2 Å². The predicted octanol–water partition coefficient (Wildman–Crippen LogP) is -0.338. The third-order valence-electron chi connectivity index (χ3n) is 3.43. The Labute approximate surface area is 123 Å². The van der Waals surface area contributed by atoms with Crippen LogP contribution in [0.1, 0.15) is 11.6 Å². The second kappa shape index (κ2) is 6.45. The van der Waals surface area contributed by atoms with Gasteiger partial charge in [0.1, 0.15) is 6.04 Å². The largest absolute Gasteiger partial charge is 0.493 e. The first kappa shape index (κ1) is 15.1. The van der Waals surface area contributed by atoms with Gasteiger partial charge < -0.3 is 25.4 Å². The number of hydrogen-bond acceptors (Lipinski definition) is 5.